The first-order chi connectivity index (χ1) is 8.70. The van der Waals surface area contributed by atoms with Gasteiger partial charge in [-0.25, -0.2) is 4.39 Å². The van der Waals surface area contributed by atoms with Crippen LogP contribution in [0.25, 0.3) is 0 Å². The Hall–Kier alpha value is -1.61. The summed E-state index contributed by atoms with van der Waals surface area (Å²) in [6, 6.07) is 11.0. The zero-order valence-electron chi connectivity index (χ0n) is 10.9. The molecule has 96 valence electrons. The lowest BCUT2D eigenvalue weighted by molar-refractivity contribution is 0.544. The minimum Gasteiger partial charge on any atom is -0.351 e. The molecule has 2 nitrogen and oxygen atoms in total. The Morgan fingerprint density at radius 1 is 1.28 bits per heavy atom. The number of halogens is 1. The third kappa shape index (κ3) is 2.99. The summed E-state index contributed by atoms with van der Waals surface area (Å²) < 4.78 is 15.3. The number of nitrogens with zero attached hydrogens (tertiary/aromatic N) is 1. The Morgan fingerprint density at radius 2 is 2.11 bits per heavy atom. The highest BCUT2D eigenvalue weighted by molar-refractivity contribution is 5.19. The van der Waals surface area contributed by atoms with Crippen LogP contribution in [0.15, 0.2) is 42.6 Å². The van der Waals surface area contributed by atoms with Gasteiger partial charge in [-0.2, -0.15) is 0 Å². The summed E-state index contributed by atoms with van der Waals surface area (Å²) in [5, 5.41) is 3.42. The van der Waals surface area contributed by atoms with Crippen LogP contribution in [0.1, 0.15) is 31.1 Å². The third-order valence-electron chi connectivity index (χ3n) is 3.20. The van der Waals surface area contributed by atoms with Crippen LogP contribution >= 0.6 is 0 Å². The Morgan fingerprint density at radius 3 is 2.83 bits per heavy atom. The van der Waals surface area contributed by atoms with Gasteiger partial charge in [0.25, 0.3) is 0 Å². The van der Waals surface area contributed by atoms with E-state index < -0.39 is 0 Å². The molecule has 2 rings (SSSR count). The number of hydrogen-bond donors (Lipinski definition) is 1. The van der Waals surface area contributed by atoms with Gasteiger partial charge in [0, 0.05) is 31.0 Å². The fourth-order valence-electron chi connectivity index (χ4n) is 2.07. The predicted molar refractivity (Wildman–Crippen MR) is 71.8 cm³/mol. The van der Waals surface area contributed by atoms with E-state index in [9.17, 15) is 4.39 Å². The van der Waals surface area contributed by atoms with E-state index in [0.717, 1.165) is 18.7 Å². The van der Waals surface area contributed by atoms with E-state index in [1.807, 2.05) is 19.1 Å². The number of aromatic nitrogens is 1. The standard InChI is InChI=1S/C15H19FN2/c1-3-18-9-5-8-15(18)11-17-12(2)13-6-4-7-14(16)10-13/h4-10,12,17H,3,11H2,1-2H3/t12-/m1/s1. The number of hydrogen-bond acceptors (Lipinski definition) is 1. The van der Waals surface area contributed by atoms with Crippen LogP contribution in [0, 0.1) is 5.82 Å². The van der Waals surface area contributed by atoms with Gasteiger partial charge in [-0.1, -0.05) is 12.1 Å². The van der Waals surface area contributed by atoms with Gasteiger partial charge in [0.05, 0.1) is 0 Å². The number of benzene rings is 1. The van der Waals surface area contributed by atoms with Gasteiger partial charge in [0.15, 0.2) is 0 Å². The molecule has 18 heavy (non-hydrogen) atoms. The van der Waals surface area contributed by atoms with Crippen molar-refractivity contribution in [3.8, 4) is 0 Å². The molecule has 0 radical (unpaired) electrons. The van der Waals surface area contributed by atoms with E-state index in [2.05, 4.69) is 29.1 Å². The van der Waals surface area contributed by atoms with Gasteiger partial charge >= 0.3 is 0 Å². The lowest BCUT2D eigenvalue weighted by atomic mass is 10.1. The molecule has 0 amide bonds. The number of aryl methyl sites for hydroxylation is 1. The van der Waals surface area contributed by atoms with Gasteiger partial charge in [-0.15, -0.1) is 0 Å². The van der Waals surface area contributed by atoms with E-state index in [-0.39, 0.29) is 11.9 Å². The van der Waals surface area contributed by atoms with Gasteiger partial charge < -0.3 is 9.88 Å². The van der Waals surface area contributed by atoms with Crippen molar-refractivity contribution in [3.63, 3.8) is 0 Å². The average Bonchev–Trinajstić information content (AvgIpc) is 2.83. The fourth-order valence-corrected chi connectivity index (χ4v) is 2.07. The second-order valence-corrected chi connectivity index (χ2v) is 4.44. The molecule has 0 aliphatic rings. The summed E-state index contributed by atoms with van der Waals surface area (Å²) >= 11 is 0. The van der Waals surface area contributed by atoms with Crippen LogP contribution in [-0.4, -0.2) is 4.57 Å². The Balaban J connectivity index is 1.98. The largest absolute Gasteiger partial charge is 0.351 e. The smallest absolute Gasteiger partial charge is 0.123 e. The van der Waals surface area contributed by atoms with Gasteiger partial charge in [0.1, 0.15) is 5.82 Å². The van der Waals surface area contributed by atoms with Crippen molar-refractivity contribution < 1.29 is 4.39 Å². The SMILES string of the molecule is CCn1cccc1CN[C@H](C)c1cccc(F)c1. The summed E-state index contributed by atoms with van der Waals surface area (Å²) in [5.74, 6) is -0.182. The quantitative estimate of drug-likeness (QED) is 0.854. The minimum absolute atomic E-state index is 0.140. The molecular formula is C15H19FN2. The van der Waals surface area contributed by atoms with Crippen molar-refractivity contribution in [1.29, 1.82) is 0 Å². The van der Waals surface area contributed by atoms with Crippen molar-refractivity contribution in [2.75, 3.05) is 0 Å². The molecule has 0 unspecified atom stereocenters. The molecule has 0 fully saturated rings. The molecule has 3 heteroatoms. The molecule has 0 saturated carbocycles. The molecule has 1 aromatic carbocycles. The molecule has 1 heterocycles. The maximum Gasteiger partial charge on any atom is 0.123 e. The number of rotatable bonds is 5. The van der Waals surface area contributed by atoms with Crippen LogP contribution < -0.4 is 5.32 Å². The molecular weight excluding hydrogens is 227 g/mol. The highest BCUT2D eigenvalue weighted by Gasteiger charge is 2.06. The molecule has 2 aromatic rings. The normalized spacial score (nSPS) is 12.6. The molecule has 0 bridgehead atoms. The molecule has 0 saturated heterocycles. The lowest BCUT2D eigenvalue weighted by Gasteiger charge is -2.15. The van der Waals surface area contributed by atoms with Crippen molar-refractivity contribution in [2.45, 2.75) is 33.0 Å². The number of nitrogens with one attached hydrogen (secondary N) is 1. The molecule has 1 aromatic heterocycles. The highest BCUT2D eigenvalue weighted by atomic mass is 19.1. The molecule has 0 spiro atoms. The summed E-state index contributed by atoms with van der Waals surface area (Å²) in [6.07, 6.45) is 2.07. The predicted octanol–water partition coefficient (Wildman–Crippen LogP) is 3.50. The summed E-state index contributed by atoms with van der Waals surface area (Å²) in [6.45, 7) is 5.93. The lowest BCUT2D eigenvalue weighted by Crippen LogP contribution is -2.20. The van der Waals surface area contributed by atoms with Crippen molar-refractivity contribution in [3.05, 3.63) is 59.7 Å². The summed E-state index contributed by atoms with van der Waals surface area (Å²) in [7, 11) is 0. The van der Waals surface area contributed by atoms with Gasteiger partial charge in [0.2, 0.25) is 0 Å². The van der Waals surface area contributed by atoms with E-state index in [0.29, 0.717) is 0 Å². The van der Waals surface area contributed by atoms with Crippen molar-refractivity contribution in [1.82, 2.24) is 9.88 Å². The van der Waals surface area contributed by atoms with E-state index in [1.165, 1.54) is 11.8 Å². The first kappa shape index (κ1) is 12.8. The maximum atomic E-state index is 13.1. The molecule has 1 N–H and O–H groups in total. The monoisotopic (exact) mass is 246 g/mol. The second kappa shape index (κ2) is 5.83. The molecule has 0 aliphatic heterocycles. The fraction of sp³-hybridized carbons (Fsp3) is 0.333. The summed E-state index contributed by atoms with van der Waals surface area (Å²) in [5.41, 5.74) is 2.23. The van der Waals surface area contributed by atoms with Crippen molar-refractivity contribution in [2.24, 2.45) is 0 Å². The molecule has 0 aliphatic carbocycles. The van der Waals surface area contributed by atoms with Crippen LogP contribution in [0.2, 0.25) is 0 Å². The van der Waals surface area contributed by atoms with Crippen LogP contribution in [0.3, 0.4) is 0 Å². The minimum atomic E-state index is -0.182. The zero-order chi connectivity index (χ0) is 13.0. The maximum absolute atomic E-state index is 13.1. The first-order valence-electron chi connectivity index (χ1n) is 6.33. The zero-order valence-corrected chi connectivity index (χ0v) is 10.9. The third-order valence-corrected chi connectivity index (χ3v) is 3.20. The van der Waals surface area contributed by atoms with Crippen LogP contribution in [0.4, 0.5) is 4.39 Å². The van der Waals surface area contributed by atoms with Gasteiger partial charge in [-0.05, 0) is 43.7 Å². The Labute approximate surface area is 107 Å². The topological polar surface area (TPSA) is 17.0 Å². The van der Waals surface area contributed by atoms with E-state index in [4.69, 9.17) is 0 Å². The Bertz CT molecular complexity index is 505. The highest BCUT2D eigenvalue weighted by Crippen LogP contribution is 2.14. The van der Waals surface area contributed by atoms with Crippen molar-refractivity contribution >= 4 is 0 Å². The van der Waals surface area contributed by atoms with Crippen LogP contribution in [-0.2, 0) is 13.1 Å². The average molecular weight is 246 g/mol. The molecule has 1 atom stereocenters. The van der Waals surface area contributed by atoms with E-state index >= 15 is 0 Å². The first-order valence-corrected chi connectivity index (χ1v) is 6.33. The Kier molecular flexibility index (Phi) is 4.15. The summed E-state index contributed by atoms with van der Waals surface area (Å²) in [4.78, 5) is 0. The van der Waals surface area contributed by atoms with E-state index in [1.54, 1.807) is 12.1 Å². The van der Waals surface area contributed by atoms with Gasteiger partial charge in [-0.3, -0.25) is 0 Å². The van der Waals surface area contributed by atoms with Crippen LogP contribution in [0.5, 0.6) is 0 Å². The second-order valence-electron chi connectivity index (χ2n) is 4.44.